The van der Waals surface area contributed by atoms with E-state index in [0.717, 1.165) is 39.7 Å². The summed E-state index contributed by atoms with van der Waals surface area (Å²) in [6, 6.07) is 9.95. The van der Waals surface area contributed by atoms with E-state index in [2.05, 4.69) is 44.1 Å². The number of carbonyl (C=O) groups is 1. The minimum Gasteiger partial charge on any atom is -0.338 e. The van der Waals surface area contributed by atoms with Crippen molar-refractivity contribution in [3.8, 4) is 11.1 Å². The normalized spacial score (nSPS) is 10.7. The van der Waals surface area contributed by atoms with Crippen LogP contribution < -0.4 is 16.0 Å². The molecule has 134 valence electrons. The molecule has 6 nitrogen and oxygen atoms in total. The molecule has 0 aliphatic carbocycles. The molecule has 6 heteroatoms. The van der Waals surface area contributed by atoms with Crippen LogP contribution >= 0.6 is 0 Å². The van der Waals surface area contributed by atoms with Gasteiger partial charge in [0.15, 0.2) is 0 Å². The number of fused-ring (bicyclic) bond motifs is 1. The summed E-state index contributed by atoms with van der Waals surface area (Å²) in [5, 5.41) is 10.8. The molecule has 0 fully saturated rings. The van der Waals surface area contributed by atoms with E-state index in [1.807, 2.05) is 45.4 Å². The monoisotopic (exact) mass is 349 g/mol. The molecule has 0 unspecified atom stereocenters. The number of rotatable bonds is 5. The van der Waals surface area contributed by atoms with Gasteiger partial charge in [-0.05, 0) is 61.2 Å². The number of pyridine rings is 2. The predicted molar refractivity (Wildman–Crippen MR) is 105 cm³/mol. The van der Waals surface area contributed by atoms with Crippen LogP contribution in [0.3, 0.4) is 0 Å². The Morgan fingerprint density at radius 3 is 2.69 bits per heavy atom. The maximum atomic E-state index is 11.8. The topological polar surface area (TPSA) is 78.9 Å². The van der Waals surface area contributed by atoms with Gasteiger partial charge in [0, 0.05) is 36.6 Å². The fourth-order valence-corrected chi connectivity index (χ4v) is 3.00. The van der Waals surface area contributed by atoms with Gasteiger partial charge in [0.2, 0.25) is 0 Å². The summed E-state index contributed by atoms with van der Waals surface area (Å²) in [4.78, 5) is 20.5. The fourth-order valence-electron chi connectivity index (χ4n) is 3.00. The SMILES string of the molecule is CCNC(=O)Nc1cc2c(-c3ccnc(C)c3)ccc(CNC)c2cn1. The minimum absolute atomic E-state index is 0.257. The van der Waals surface area contributed by atoms with E-state index in [4.69, 9.17) is 0 Å². The van der Waals surface area contributed by atoms with E-state index in [9.17, 15) is 4.79 Å². The van der Waals surface area contributed by atoms with Gasteiger partial charge in [-0.15, -0.1) is 0 Å². The average molecular weight is 349 g/mol. The molecule has 0 bridgehead atoms. The van der Waals surface area contributed by atoms with Crippen LogP contribution in [0.25, 0.3) is 21.9 Å². The highest BCUT2D eigenvalue weighted by atomic mass is 16.2. The molecule has 0 aliphatic rings. The van der Waals surface area contributed by atoms with E-state index in [-0.39, 0.29) is 6.03 Å². The van der Waals surface area contributed by atoms with Gasteiger partial charge in [-0.1, -0.05) is 12.1 Å². The van der Waals surface area contributed by atoms with E-state index in [0.29, 0.717) is 12.4 Å². The van der Waals surface area contributed by atoms with Crippen LogP contribution in [-0.2, 0) is 6.54 Å². The van der Waals surface area contributed by atoms with Crippen LogP contribution in [0, 0.1) is 6.92 Å². The van der Waals surface area contributed by atoms with Crippen molar-refractivity contribution in [3.63, 3.8) is 0 Å². The first-order valence-electron chi connectivity index (χ1n) is 8.66. The van der Waals surface area contributed by atoms with Crippen molar-refractivity contribution in [1.82, 2.24) is 20.6 Å². The molecular formula is C20H23N5O. The van der Waals surface area contributed by atoms with Crippen LogP contribution in [0.4, 0.5) is 10.6 Å². The lowest BCUT2D eigenvalue weighted by molar-refractivity contribution is 0.252. The molecule has 3 aromatic rings. The van der Waals surface area contributed by atoms with Crippen LogP contribution in [0.5, 0.6) is 0 Å². The third-order valence-corrected chi connectivity index (χ3v) is 4.15. The van der Waals surface area contributed by atoms with Gasteiger partial charge < -0.3 is 10.6 Å². The first-order valence-corrected chi connectivity index (χ1v) is 8.66. The lowest BCUT2D eigenvalue weighted by Crippen LogP contribution is -2.28. The van der Waals surface area contributed by atoms with Crippen molar-refractivity contribution < 1.29 is 4.79 Å². The maximum absolute atomic E-state index is 11.8. The van der Waals surface area contributed by atoms with Crippen molar-refractivity contribution in [2.45, 2.75) is 20.4 Å². The molecule has 0 radical (unpaired) electrons. The van der Waals surface area contributed by atoms with E-state index < -0.39 is 0 Å². The molecule has 3 N–H and O–H groups in total. The fraction of sp³-hybridized carbons (Fsp3) is 0.250. The van der Waals surface area contributed by atoms with Gasteiger partial charge >= 0.3 is 6.03 Å². The Kier molecular flexibility index (Phi) is 5.43. The van der Waals surface area contributed by atoms with Gasteiger partial charge in [-0.3, -0.25) is 10.3 Å². The molecule has 0 aliphatic heterocycles. The highest BCUT2D eigenvalue weighted by Gasteiger charge is 2.11. The molecule has 26 heavy (non-hydrogen) atoms. The molecular weight excluding hydrogens is 326 g/mol. The van der Waals surface area contributed by atoms with E-state index >= 15 is 0 Å². The summed E-state index contributed by atoms with van der Waals surface area (Å²) in [5.41, 5.74) is 4.30. The molecule has 2 heterocycles. The highest BCUT2D eigenvalue weighted by molar-refractivity contribution is 6.00. The largest absolute Gasteiger partial charge is 0.338 e. The Bertz CT molecular complexity index is 939. The van der Waals surface area contributed by atoms with Crippen molar-refractivity contribution in [1.29, 1.82) is 0 Å². The number of hydrogen-bond donors (Lipinski definition) is 3. The number of benzene rings is 1. The first kappa shape index (κ1) is 17.8. The van der Waals surface area contributed by atoms with Crippen molar-refractivity contribution >= 4 is 22.6 Å². The number of nitrogens with one attached hydrogen (secondary N) is 3. The summed E-state index contributed by atoms with van der Waals surface area (Å²) in [6.45, 7) is 5.16. The molecule has 0 spiro atoms. The number of aromatic nitrogens is 2. The van der Waals surface area contributed by atoms with Gasteiger partial charge in [-0.2, -0.15) is 0 Å². The molecule has 0 saturated heterocycles. The molecule has 2 aromatic heterocycles. The maximum Gasteiger partial charge on any atom is 0.320 e. The van der Waals surface area contributed by atoms with Crippen LogP contribution in [-0.4, -0.2) is 29.6 Å². The molecule has 0 saturated carbocycles. The number of amides is 2. The van der Waals surface area contributed by atoms with Crippen LogP contribution in [0.15, 0.2) is 42.7 Å². The number of hydrogen-bond acceptors (Lipinski definition) is 4. The Morgan fingerprint density at radius 1 is 1.12 bits per heavy atom. The third kappa shape index (κ3) is 3.81. The number of carbonyl (C=O) groups excluding carboxylic acids is 1. The summed E-state index contributed by atoms with van der Waals surface area (Å²) in [7, 11) is 1.92. The number of anilines is 1. The second-order valence-electron chi connectivity index (χ2n) is 6.09. The molecule has 1 aromatic carbocycles. The molecule has 3 rings (SSSR count). The number of urea groups is 1. The zero-order chi connectivity index (χ0) is 18.5. The third-order valence-electron chi connectivity index (χ3n) is 4.15. The van der Waals surface area contributed by atoms with E-state index in [1.165, 1.54) is 0 Å². The number of aryl methyl sites for hydroxylation is 1. The lowest BCUT2D eigenvalue weighted by Gasteiger charge is -2.13. The first-order chi connectivity index (χ1) is 12.6. The van der Waals surface area contributed by atoms with Gasteiger partial charge in [-0.25, -0.2) is 9.78 Å². The Morgan fingerprint density at radius 2 is 1.96 bits per heavy atom. The minimum atomic E-state index is -0.257. The Balaban J connectivity index is 2.14. The summed E-state index contributed by atoms with van der Waals surface area (Å²) in [5.74, 6) is 0.525. The average Bonchev–Trinajstić information content (AvgIpc) is 2.62. The van der Waals surface area contributed by atoms with Crippen molar-refractivity contribution in [2.24, 2.45) is 0 Å². The van der Waals surface area contributed by atoms with E-state index in [1.54, 1.807) is 0 Å². The van der Waals surface area contributed by atoms with Crippen molar-refractivity contribution in [3.05, 3.63) is 54.0 Å². The van der Waals surface area contributed by atoms with Gasteiger partial charge in [0.25, 0.3) is 0 Å². The quantitative estimate of drug-likeness (QED) is 0.659. The summed E-state index contributed by atoms with van der Waals surface area (Å²) < 4.78 is 0. The highest BCUT2D eigenvalue weighted by Crippen LogP contribution is 2.32. The van der Waals surface area contributed by atoms with Crippen LogP contribution in [0.2, 0.25) is 0 Å². The van der Waals surface area contributed by atoms with Gasteiger partial charge in [0.05, 0.1) is 0 Å². The molecule has 2 amide bonds. The van der Waals surface area contributed by atoms with Gasteiger partial charge in [0.1, 0.15) is 5.82 Å². The van der Waals surface area contributed by atoms with Crippen LogP contribution in [0.1, 0.15) is 18.2 Å². The van der Waals surface area contributed by atoms with Crippen molar-refractivity contribution in [2.75, 3.05) is 18.9 Å². The summed E-state index contributed by atoms with van der Waals surface area (Å²) >= 11 is 0. The predicted octanol–water partition coefficient (Wildman–Crippen LogP) is 3.47. The standard InChI is InChI=1S/C20H23N5O/c1-4-22-20(26)25-19-10-17-16(14-7-8-23-13(2)9-14)6-5-15(11-21-3)18(17)12-24-19/h5-10,12,21H,4,11H2,1-3H3,(H2,22,24,25,26). The number of nitrogens with zero attached hydrogens (tertiary/aromatic N) is 2. The Labute approximate surface area is 153 Å². The smallest absolute Gasteiger partial charge is 0.320 e. The second-order valence-corrected chi connectivity index (χ2v) is 6.09. The lowest BCUT2D eigenvalue weighted by atomic mass is 9.96. The molecule has 0 atom stereocenters. The zero-order valence-electron chi connectivity index (χ0n) is 15.3. The Hall–Kier alpha value is -2.99. The zero-order valence-corrected chi connectivity index (χ0v) is 15.3. The summed E-state index contributed by atoms with van der Waals surface area (Å²) in [6.07, 6.45) is 3.63. The second kappa shape index (κ2) is 7.93.